The molecule has 0 atom stereocenters. The lowest BCUT2D eigenvalue weighted by Gasteiger charge is -2.12. The van der Waals surface area contributed by atoms with Gasteiger partial charge in [0.05, 0.1) is 0 Å². The molecule has 2 aliphatic rings. The maximum Gasteiger partial charge on any atom is 0.194 e. The van der Waals surface area contributed by atoms with E-state index in [4.69, 9.17) is 0 Å². The van der Waals surface area contributed by atoms with Crippen molar-refractivity contribution in [2.75, 3.05) is 0 Å². The Bertz CT molecular complexity index is 1180. The van der Waals surface area contributed by atoms with Crippen molar-refractivity contribution >= 4 is 5.78 Å². The molecule has 1 nitrogen and oxygen atoms in total. The summed E-state index contributed by atoms with van der Waals surface area (Å²) in [5, 5.41) is 0. The second-order valence-electron chi connectivity index (χ2n) is 7.68. The molecule has 0 bridgehead atoms. The highest BCUT2D eigenvalue weighted by Gasteiger charge is 2.28. The van der Waals surface area contributed by atoms with E-state index < -0.39 is 0 Å². The normalized spacial score (nSPS) is 12.9. The first-order valence-electron chi connectivity index (χ1n) is 9.76. The van der Waals surface area contributed by atoms with Crippen molar-refractivity contribution in [3.8, 4) is 22.3 Å². The van der Waals surface area contributed by atoms with Crippen LogP contribution in [0.5, 0.6) is 0 Å². The van der Waals surface area contributed by atoms with Crippen molar-refractivity contribution in [2.45, 2.75) is 12.8 Å². The smallest absolute Gasteiger partial charge is 0.194 e. The summed E-state index contributed by atoms with van der Waals surface area (Å²) in [5.41, 5.74) is 11.4. The summed E-state index contributed by atoms with van der Waals surface area (Å²) in [5.74, 6) is 0.127. The summed E-state index contributed by atoms with van der Waals surface area (Å²) in [6.45, 7) is 0. The Hall–Kier alpha value is -3.45. The highest BCUT2D eigenvalue weighted by atomic mass is 16.1. The third kappa shape index (κ3) is 2.10. The average Bonchev–Trinajstić information content (AvgIpc) is 3.31. The molecule has 0 radical (unpaired) electrons. The van der Waals surface area contributed by atoms with Gasteiger partial charge in [0.15, 0.2) is 5.78 Å². The van der Waals surface area contributed by atoms with Gasteiger partial charge in [0.1, 0.15) is 0 Å². The topological polar surface area (TPSA) is 17.1 Å². The summed E-state index contributed by atoms with van der Waals surface area (Å²) >= 11 is 0. The second-order valence-corrected chi connectivity index (χ2v) is 7.68. The van der Waals surface area contributed by atoms with E-state index in [1.807, 2.05) is 24.3 Å². The van der Waals surface area contributed by atoms with Crippen LogP contribution < -0.4 is 0 Å². The quantitative estimate of drug-likeness (QED) is 0.344. The maximum atomic E-state index is 13.8. The van der Waals surface area contributed by atoms with Crippen molar-refractivity contribution in [2.24, 2.45) is 0 Å². The number of hydrogen-bond donors (Lipinski definition) is 0. The van der Waals surface area contributed by atoms with Gasteiger partial charge in [0.2, 0.25) is 0 Å². The summed E-state index contributed by atoms with van der Waals surface area (Å²) in [7, 11) is 0. The predicted molar refractivity (Wildman–Crippen MR) is 113 cm³/mol. The Labute approximate surface area is 164 Å². The molecule has 0 saturated carbocycles. The van der Waals surface area contributed by atoms with Crippen LogP contribution in [0.15, 0.2) is 84.9 Å². The number of rotatable bonds is 2. The van der Waals surface area contributed by atoms with Crippen molar-refractivity contribution in [1.29, 1.82) is 0 Å². The van der Waals surface area contributed by atoms with Gasteiger partial charge in [-0.3, -0.25) is 4.79 Å². The van der Waals surface area contributed by atoms with Gasteiger partial charge in [0.25, 0.3) is 0 Å². The largest absolute Gasteiger partial charge is 0.289 e. The van der Waals surface area contributed by atoms with E-state index in [1.165, 1.54) is 33.4 Å². The molecule has 4 aromatic rings. The lowest BCUT2D eigenvalue weighted by molar-refractivity contribution is 0.104. The fraction of sp³-hybridized carbons (Fsp3) is 0.0741. The summed E-state index contributed by atoms with van der Waals surface area (Å²) in [6.07, 6.45) is 1.81. The zero-order chi connectivity index (χ0) is 18.7. The lowest BCUT2D eigenvalue weighted by atomic mass is 9.89. The van der Waals surface area contributed by atoms with E-state index in [9.17, 15) is 4.79 Å². The monoisotopic (exact) mass is 358 g/mol. The molecule has 0 unspecified atom stereocenters. The predicted octanol–water partition coefficient (Wildman–Crippen LogP) is 6.06. The van der Waals surface area contributed by atoms with Gasteiger partial charge in [-0.15, -0.1) is 0 Å². The van der Waals surface area contributed by atoms with E-state index in [0.29, 0.717) is 0 Å². The average molecular weight is 358 g/mol. The molecule has 0 heterocycles. The zero-order valence-corrected chi connectivity index (χ0v) is 15.4. The summed E-state index contributed by atoms with van der Waals surface area (Å²) in [4.78, 5) is 13.8. The fourth-order valence-corrected chi connectivity index (χ4v) is 4.90. The van der Waals surface area contributed by atoms with E-state index >= 15 is 0 Å². The van der Waals surface area contributed by atoms with Gasteiger partial charge < -0.3 is 0 Å². The van der Waals surface area contributed by atoms with Crippen LogP contribution in [0.3, 0.4) is 0 Å². The van der Waals surface area contributed by atoms with Gasteiger partial charge in [-0.25, -0.2) is 0 Å². The van der Waals surface area contributed by atoms with E-state index in [0.717, 1.165) is 35.1 Å². The fourth-order valence-electron chi connectivity index (χ4n) is 4.90. The summed E-state index contributed by atoms with van der Waals surface area (Å²) in [6, 6.07) is 29.2. The third-order valence-electron chi connectivity index (χ3n) is 6.13. The van der Waals surface area contributed by atoms with Crippen molar-refractivity contribution in [1.82, 2.24) is 0 Å². The van der Waals surface area contributed by atoms with Crippen LogP contribution in [-0.4, -0.2) is 5.78 Å². The van der Waals surface area contributed by atoms with Crippen LogP contribution in [0.4, 0.5) is 0 Å². The molecule has 0 amide bonds. The molecule has 0 N–H and O–H groups in total. The molecule has 28 heavy (non-hydrogen) atoms. The number of benzene rings is 4. The zero-order valence-electron chi connectivity index (χ0n) is 15.4. The molecule has 4 aromatic carbocycles. The van der Waals surface area contributed by atoms with E-state index in [-0.39, 0.29) is 5.78 Å². The maximum absolute atomic E-state index is 13.8. The van der Waals surface area contributed by atoms with E-state index in [1.54, 1.807) is 0 Å². The van der Waals surface area contributed by atoms with Crippen LogP contribution in [0.1, 0.15) is 38.2 Å². The molecular formula is C27H18O. The SMILES string of the molecule is O=C(c1cccc2c1-c1ccccc1C2)c1cccc2c1-c1ccccc1C2. The molecule has 1 heteroatoms. The van der Waals surface area contributed by atoms with Crippen molar-refractivity contribution < 1.29 is 4.79 Å². The minimum Gasteiger partial charge on any atom is -0.289 e. The molecule has 132 valence electrons. The second kappa shape index (κ2) is 5.77. The van der Waals surface area contributed by atoms with Crippen LogP contribution in [0.2, 0.25) is 0 Å². The molecule has 0 aromatic heterocycles. The van der Waals surface area contributed by atoms with Crippen LogP contribution in [0, 0.1) is 0 Å². The Morgan fingerprint density at radius 1 is 0.500 bits per heavy atom. The first-order valence-corrected chi connectivity index (χ1v) is 9.76. The van der Waals surface area contributed by atoms with Crippen molar-refractivity contribution in [3.05, 3.63) is 118 Å². The Balaban J connectivity index is 1.56. The number of hydrogen-bond acceptors (Lipinski definition) is 1. The molecular weight excluding hydrogens is 340 g/mol. The number of carbonyl (C=O) groups excluding carboxylic acids is 1. The first kappa shape index (κ1) is 15.6. The molecule has 0 saturated heterocycles. The van der Waals surface area contributed by atoms with Crippen LogP contribution in [-0.2, 0) is 12.8 Å². The number of carbonyl (C=O) groups is 1. The molecule has 0 aliphatic heterocycles. The molecule has 0 spiro atoms. The Morgan fingerprint density at radius 2 is 0.929 bits per heavy atom. The van der Waals surface area contributed by atoms with Gasteiger partial charge in [0, 0.05) is 11.1 Å². The highest BCUT2D eigenvalue weighted by molar-refractivity contribution is 6.17. The van der Waals surface area contributed by atoms with Gasteiger partial charge in [-0.05, 0) is 57.3 Å². The van der Waals surface area contributed by atoms with Crippen LogP contribution in [0.25, 0.3) is 22.3 Å². The number of ketones is 1. The Morgan fingerprint density at radius 3 is 1.43 bits per heavy atom. The Kier molecular flexibility index (Phi) is 3.21. The minimum atomic E-state index is 0.127. The molecule has 6 rings (SSSR count). The highest BCUT2D eigenvalue weighted by Crippen LogP contribution is 2.42. The first-order chi connectivity index (χ1) is 13.8. The van der Waals surface area contributed by atoms with E-state index in [2.05, 4.69) is 60.7 Å². The van der Waals surface area contributed by atoms with Gasteiger partial charge >= 0.3 is 0 Å². The van der Waals surface area contributed by atoms with Crippen molar-refractivity contribution in [3.63, 3.8) is 0 Å². The van der Waals surface area contributed by atoms with Gasteiger partial charge in [-0.2, -0.15) is 0 Å². The molecule has 0 fully saturated rings. The van der Waals surface area contributed by atoms with Gasteiger partial charge in [-0.1, -0.05) is 84.9 Å². The minimum absolute atomic E-state index is 0.127. The lowest BCUT2D eigenvalue weighted by Crippen LogP contribution is -2.06. The molecule has 2 aliphatic carbocycles. The standard InChI is InChI=1S/C27H18O/c28-27(23-13-5-9-19-15-17-7-1-3-11-21(17)25(19)23)24-14-6-10-20-16-18-8-2-4-12-22(18)26(20)24/h1-14H,15-16H2. The van der Waals surface area contributed by atoms with Crippen LogP contribution >= 0.6 is 0 Å². The number of fused-ring (bicyclic) bond motifs is 6. The third-order valence-corrected chi connectivity index (χ3v) is 6.13. The summed E-state index contributed by atoms with van der Waals surface area (Å²) < 4.78 is 0.